The van der Waals surface area contributed by atoms with Gasteiger partial charge in [0.05, 0.1) is 6.54 Å². The van der Waals surface area contributed by atoms with E-state index in [1.54, 1.807) is 24.3 Å². The molecule has 1 saturated heterocycles. The number of hydrogen-bond acceptors (Lipinski definition) is 7. The minimum Gasteiger partial charge on any atom is -0.571 e. The van der Waals surface area contributed by atoms with Gasteiger partial charge in [-0.2, -0.15) is 0 Å². The van der Waals surface area contributed by atoms with E-state index < -0.39 is 5.78 Å². The van der Waals surface area contributed by atoms with Crippen LogP contribution in [0, 0.1) is 12.1 Å². The molecule has 192 valence electrons. The largest absolute Gasteiger partial charge is 0.571 e. The van der Waals surface area contributed by atoms with Gasteiger partial charge in [-0.05, 0) is 43.5 Å². The maximum atomic E-state index is 13.0. The summed E-state index contributed by atoms with van der Waals surface area (Å²) in [5, 5.41) is 16.3. The Hall–Kier alpha value is -4.53. The lowest BCUT2D eigenvalue weighted by atomic mass is 9.90. The molecular formula is C29H28N6O3. The minimum atomic E-state index is -0.391. The zero-order valence-corrected chi connectivity index (χ0v) is 21.2. The van der Waals surface area contributed by atoms with Crippen LogP contribution in [0.25, 0.3) is 0 Å². The molecule has 2 aromatic heterocycles. The summed E-state index contributed by atoms with van der Waals surface area (Å²) in [4.78, 5) is 35.6. The second-order valence-electron chi connectivity index (χ2n) is 9.81. The number of carbonyl (C=O) groups excluding carboxylic acids is 2. The number of benzene rings is 2. The van der Waals surface area contributed by atoms with E-state index in [1.807, 2.05) is 12.3 Å². The van der Waals surface area contributed by atoms with Crippen molar-refractivity contribution in [2.24, 2.45) is 0 Å². The lowest BCUT2D eigenvalue weighted by molar-refractivity contribution is -0.749. The Balaban J connectivity index is 1.07. The average Bonchev–Trinajstić information content (AvgIpc) is 3.29. The summed E-state index contributed by atoms with van der Waals surface area (Å²) in [6.07, 6.45) is 3.16. The molecule has 9 heteroatoms. The van der Waals surface area contributed by atoms with Gasteiger partial charge in [-0.3, -0.25) is 9.59 Å². The molecule has 0 amide bonds. The molecule has 0 saturated carbocycles. The van der Waals surface area contributed by atoms with E-state index in [1.165, 1.54) is 15.9 Å². The molecule has 38 heavy (non-hydrogen) atoms. The number of carbonyl (C=O) groups is 2. The van der Waals surface area contributed by atoms with Crippen LogP contribution in [-0.4, -0.2) is 52.5 Å². The molecule has 0 bridgehead atoms. The Bertz CT molecular complexity index is 1500. The first-order chi connectivity index (χ1) is 18.5. The molecule has 1 fully saturated rings. The fourth-order valence-corrected chi connectivity index (χ4v) is 5.24. The average molecular weight is 509 g/mol. The van der Waals surface area contributed by atoms with Gasteiger partial charge in [0, 0.05) is 59.2 Å². The maximum absolute atomic E-state index is 13.0. The number of pyridine rings is 1. The first-order valence-electron chi connectivity index (χ1n) is 12.9. The lowest BCUT2D eigenvalue weighted by Crippen LogP contribution is -2.46. The summed E-state index contributed by atoms with van der Waals surface area (Å²) in [5.74, 6) is 0.227. The zero-order valence-electron chi connectivity index (χ0n) is 21.2. The smallest absolute Gasteiger partial charge is 0.220 e. The van der Waals surface area contributed by atoms with Crippen molar-refractivity contribution in [2.75, 3.05) is 36.0 Å². The molecule has 9 nitrogen and oxygen atoms in total. The third kappa shape index (κ3) is 4.30. The number of nitrogens with zero attached hydrogens (tertiary/aromatic N) is 6. The highest BCUT2D eigenvalue weighted by Gasteiger charge is 2.38. The summed E-state index contributed by atoms with van der Waals surface area (Å²) in [6, 6.07) is 19.4. The molecule has 0 unspecified atom stereocenters. The summed E-state index contributed by atoms with van der Waals surface area (Å²) < 4.78 is 1.26. The number of aromatic nitrogens is 4. The molecule has 0 atom stereocenters. The van der Waals surface area contributed by atoms with E-state index >= 15 is 0 Å². The molecule has 0 radical (unpaired) electrons. The van der Waals surface area contributed by atoms with E-state index in [2.05, 4.69) is 57.1 Å². The van der Waals surface area contributed by atoms with Crippen molar-refractivity contribution in [3.63, 3.8) is 0 Å². The standard InChI is InChI=1S/C29H28N6O3/c1-20-8-11-22(12-9-20)32-15-17-33(18-16-32)25-13-10-21(19-30-25)5-4-14-34-27-26(31-35(34)38)28(36)23-6-2-3-7-24(23)29(27)37/h2-3,6-13,19H,4-5,14-18H2,1H3. The van der Waals surface area contributed by atoms with Gasteiger partial charge in [-0.1, -0.05) is 48.0 Å². The molecule has 0 N–H and O–H groups in total. The number of piperazine rings is 1. The van der Waals surface area contributed by atoms with Crippen LogP contribution in [0.5, 0.6) is 0 Å². The van der Waals surface area contributed by atoms with Gasteiger partial charge in [0.15, 0.2) is 5.69 Å². The summed E-state index contributed by atoms with van der Waals surface area (Å²) in [5.41, 5.74) is 4.17. The highest BCUT2D eigenvalue weighted by molar-refractivity contribution is 6.26. The van der Waals surface area contributed by atoms with E-state index in [4.69, 9.17) is 0 Å². The molecule has 3 heterocycles. The third-order valence-electron chi connectivity index (χ3n) is 7.37. The maximum Gasteiger partial charge on any atom is 0.220 e. The van der Waals surface area contributed by atoms with Crippen LogP contribution < -0.4 is 14.8 Å². The molecule has 6 rings (SSSR count). The number of hydrogen-bond donors (Lipinski definition) is 0. The van der Waals surface area contributed by atoms with Crippen molar-refractivity contribution in [1.29, 1.82) is 0 Å². The van der Waals surface area contributed by atoms with Crippen LogP contribution in [0.1, 0.15) is 49.7 Å². The number of fused-ring (bicyclic) bond motifs is 2. The van der Waals surface area contributed by atoms with Gasteiger partial charge in [0.1, 0.15) is 5.82 Å². The summed E-state index contributed by atoms with van der Waals surface area (Å²) in [7, 11) is 0. The van der Waals surface area contributed by atoms with Gasteiger partial charge in [0.2, 0.25) is 17.3 Å². The quantitative estimate of drug-likeness (QED) is 0.257. The van der Waals surface area contributed by atoms with Crippen LogP contribution in [0.4, 0.5) is 11.5 Å². The Morgan fingerprint density at radius 1 is 0.868 bits per heavy atom. The minimum absolute atomic E-state index is 0.0713. The van der Waals surface area contributed by atoms with Crippen LogP contribution >= 0.6 is 0 Å². The number of anilines is 2. The zero-order chi connectivity index (χ0) is 26.2. The fourth-order valence-electron chi connectivity index (χ4n) is 5.24. The van der Waals surface area contributed by atoms with Gasteiger partial charge >= 0.3 is 0 Å². The van der Waals surface area contributed by atoms with Crippen LogP contribution in [-0.2, 0) is 13.0 Å². The molecular weight excluding hydrogens is 480 g/mol. The topological polar surface area (TPSA) is 98.3 Å². The van der Waals surface area contributed by atoms with Gasteiger partial charge < -0.3 is 15.0 Å². The second kappa shape index (κ2) is 9.74. The molecule has 2 aliphatic rings. The Morgan fingerprint density at radius 3 is 2.24 bits per heavy atom. The molecule has 4 aromatic rings. The van der Waals surface area contributed by atoms with Crippen LogP contribution in [0.15, 0.2) is 66.9 Å². The first-order valence-corrected chi connectivity index (χ1v) is 12.9. The lowest BCUT2D eigenvalue weighted by Gasteiger charge is -2.36. The Kier molecular flexibility index (Phi) is 6.11. The number of ketones is 2. The van der Waals surface area contributed by atoms with Gasteiger partial charge in [-0.25, -0.2) is 4.98 Å². The highest BCUT2D eigenvalue weighted by atomic mass is 16.5. The van der Waals surface area contributed by atoms with Crippen LogP contribution in [0.3, 0.4) is 0 Å². The predicted octanol–water partition coefficient (Wildman–Crippen LogP) is 2.95. The Labute approximate surface area is 220 Å². The summed E-state index contributed by atoms with van der Waals surface area (Å²) in [6.45, 7) is 6.09. The van der Waals surface area contributed by atoms with E-state index in [0.717, 1.165) is 37.6 Å². The molecule has 2 aromatic carbocycles. The SMILES string of the molecule is Cc1ccc(N2CCN(c3ccc(CCCn4c5c(n[n+]4[O-])C(=O)c4ccccc4C5=O)cn3)CC2)cc1. The van der Waals surface area contributed by atoms with Crippen molar-refractivity contribution < 1.29 is 14.5 Å². The van der Waals surface area contributed by atoms with Crippen molar-refractivity contribution in [1.82, 2.24) is 14.8 Å². The molecule has 1 aliphatic carbocycles. The van der Waals surface area contributed by atoms with Crippen LogP contribution in [0.2, 0.25) is 0 Å². The molecule has 1 aliphatic heterocycles. The predicted molar refractivity (Wildman–Crippen MR) is 143 cm³/mol. The Morgan fingerprint density at radius 2 is 1.55 bits per heavy atom. The van der Waals surface area contributed by atoms with Crippen molar-refractivity contribution >= 4 is 23.1 Å². The second-order valence-corrected chi connectivity index (χ2v) is 9.81. The van der Waals surface area contributed by atoms with E-state index in [0.29, 0.717) is 23.4 Å². The number of rotatable bonds is 6. The number of aryl methyl sites for hydroxylation is 2. The summed E-state index contributed by atoms with van der Waals surface area (Å²) >= 11 is 0. The monoisotopic (exact) mass is 508 g/mol. The van der Waals surface area contributed by atoms with Gasteiger partial charge in [0.25, 0.3) is 0 Å². The van der Waals surface area contributed by atoms with Gasteiger partial charge in [-0.15, -0.1) is 4.68 Å². The van der Waals surface area contributed by atoms with E-state index in [9.17, 15) is 14.8 Å². The molecule has 0 spiro atoms. The third-order valence-corrected chi connectivity index (χ3v) is 7.37. The van der Waals surface area contributed by atoms with Crippen molar-refractivity contribution in [3.05, 3.63) is 106 Å². The highest BCUT2D eigenvalue weighted by Crippen LogP contribution is 2.26. The normalized spacial score (nSPS) is 15.0. The first kappa shape index (κ1) is 23.8. The van der Waals surface area contributed by atoms with Crippen molar-refractivity contribution in [2.45, 2.75) is 26.3 Å². The fraction of sp³-hybridized carbons (Fsp3) is 0.276. The van der Waals surface area contributed by atoms with Crippen molar-refractivity contribution in [3.8, 4) is 0 Å². The van der Waals surface area contributed by atoms with E-state index in [-0.39, 0.29) is 29.3 Å².